The second-order valence-electron chi connectivity index (χ2n) is 5.57. The largest absolute Gasteiger partial charge is 0.486 e. The van der Waals surface area contributed by atoms with Gasteiger partial charge in [-0.25, -0.2) is 5.43 Å². The fourth-order valence-electron chi connectivity index (χ4n) is 2.15. The van der Waals surface area contributed by atoms with E-state index in [-0.39, 0.29) is 18.2 Å². The highest BCUT2D eigenvalue weighted by Gasteiger charge is 2.13. The molecule has 0 saturated carbocycles. The second kappa shape index (κ2) is 8.90. The van der Waals surface area contributed by atoms with Gasteiger partial charge in [0.1, 0.15) is 13.2 Å². The number of ether oxygens (including phenoxy) is 2. The smallest absolute Gasteiger partial charge is 0.240 e. The van der Waals surface area contributed by atoms with Crippen LogP contribution in [-0.4, -0.2) is 30.7 Å². The molecule has 7 heteroatoms. The van der Waals surface area contributed by atoms with Gasteiger partial charge in [-0.15, -0.1) is 0 Å². The number of hydrogen-bond donors (Lipinski definition) is 2. The van der Waals surface area contributed by atoms with E-state index in [1.807, 2.05) is 6.92 Å². The van der Waals surface area contributed by atoms with Crippen molar-refractivity contribution in [3.8, 4) is 11.5 Å². The number of hydrogen-bond acceptors (Lipinski definition) is 5. The molecule has 0 aliphatic carbocycles. The quantitative estimate of drug-likeness (QED) is 0.592. The molecule has 1 aromatic carbocycles. The first kappa shape index (κ1) is 17.8. The van der Waals surface area contributed by atoms with E-state index in [2.05, 4.69) is 15.8 Å². The summed E-state index contributed by atoms with van der Waals surface area (Å²) >= 11 is 0. The number of unbranched alkanes of at least 4 members (excludes halogenated alkanes) is 1. The lowest BCUT2D eigenvalue weighted by Crippen LogP contribution is -2.21. The van der Waals surface area contributed by atoms with Gasteiger partial charge in [-0.3, -0.25) is 9.59 Å². The Morgan fingerprint density at radius 1 is 1.17 bits per heavy atom. The highest BCUT2D eigenvalue weighted by Crippen LogP contribution is 2.32. The standard InChI is InChI=1S/C17H23N3O4/c1-3-4-5-16(21)20-19-12(2)10-17(22)18-13-6-7-14-15(11-13)24-9-8-23-14/h6-7,11H,3-5,8-10H2,1-2H3,(H,18,22)(H,20,21)/b19-12-. The maximum atomic E-state index is 12.0. The molecule has 0 aromatic heterocycles. The number of amides is 2. The summed E-state index contributed by atoms with van der Waals surface area (Å²) in [5, 5.41) is 6.72. The molecule has 130 valence electrons. The van der Waals surface area contributed by atoms with Gasteiger partial charge in [0, 0.05) is 23.9 Å². The Morgan fingerprint density at radius 2 is 1.92 bits per heavy atom. The van der Waals surface area contributed by atoms with E-state index >= 15 is 0 Å². The zero-order chi connectivity index (χ0) is 17.4. The fraction of sp³-hybridized carbons (Fsp3) is 0.471. The van der Waals surface area contributed by atoms with Crippen LogP contribution in [0, 0.1) is 0 Å². The van der Waals surface area contributed by atoms with Crippen LogP contribution in [0.1, 0.15) is 39.5 Å². The first-order chi connectivity index (χ1) is 11.6. The molecule has 0 unspecified atom stereocenters. The molecule has 1 heterocycles. The lowest BCUT2D eigenvalue weighted by molar-refractivity contribution is -0.121. The molecule has 0 saturated heterocycles. The zero-order valence-electron chi connectivity index (χ0n) is 14.1. The third-order valence-electron chi connectivity index (χ3n) is 3.37. The Morgan fingerprint density at radius 3 is 2.67 bits per heavy atom. The van der Waals surface area contributed by atoms with Crippen molar-refractivity contribution in [1.29, 1.82) is 0 Å². The van der Waals surface area contributed by atoms with E-state index in [4.69, 9.17) is 9.47 Å². The highest BCUT2D eigenvalue weighted by atomic mass is 16.6. The number of anilines is 1. The maximum absolute atomic E-state index is 12.0. The van der Waals surface area contributed by atoms with Crippen LogP contribution in [0.2, 0.25) is 0 Å². The molecule has 0 spiro atoms. The van der Waals surface area contributed by atoms with Crippen molar-refractivity contribution in [3.63, 3.8) is 0 Å². The summed E-state index contributed by atoms with van der Waals surface area (Å²) < 4.78 is 10.9. The van der Waals surface area contributed by atoms with Crippen LogP contribution in [0.3, 0.4) is 0 Å². The lowest BCUT2D eigenvalue weighted by Gasteiger charge is -2.19. The van der Waals surface area contributed by atoms with Crippen molar-refractivity contribution in [2.75, 3.05) is 18.5 Å². The van der Waals surface area contributed by atoms with Gasteiger partial charge in [-0.05, 0) is 25.5 Å². The molecule has 1 aliphatic heterocycles. The number of fused-ring (bicyclic) bond motifs is 1. The molecule has 1 aliphatic rings. The first-order valence-corrected chi connectivity index (χ1v) is 8.10. The molecule has 2 N–H and O–H groups in total. The van der Waals surface area contributed by atoms with Crippen LogP contribution in [0.15, 0.2) is 23.3 Å². The van der Waals surface area contributed by atoms with Gasteiger partial charge in [0.05, 0.1) is 6.42 Å². The predicted octanol–water partition coefficient (Wildman–Crippen LogP) is 2.47. The van der Waals surface area contributed by atoms with Crippen molar-refractivity contribution in [3.05, 3.63) is 18.2 Å². The average Bonchev–Trinajstić information content (AvgIpc) is 2.58. The summed E-state index contributed by atoms with van der Waals surface area (Å²) in [5.74, 6) is 0.943. The van der Waals surface area contributed by atoms with Gasteiger partial charge >= 0.3 is 0 Å². The van der Waals surface area contributed by atoms with Crippen molar-refractivity contribution < 1.29 is 19.1 Å². The van der Waals surface area contributed by atoms with Crippen molar-refractivity contribution in [2.45, 2.75) is 39.5 Å². The van der Waals surface area contributed by atoms with Gasteiger partial charge in [0.25, 0.3) is 0 Å². The number of rotatable bonds is 7. The molecular formula is C17H23N3O4. The van der Waals surface area contributed by atoms with E-state index in [0.29, 0.717) is 42.5 Å². The van der Waals surface area contributed by atoms with Crippen molar-refractivity contribution in [2.24, 2.45) is 5.10 Å². The van der Waals surface area contributed by atoms with Crippen molar-refractivity contribution >= 4 is 23.2 Å². The number of carbonyl (C=O) groups is 2. The van der Waals surface area contributed by atoms with Crippen molar-refractivity contribution in [1.82, 2.24) is 5.43 Å². The van der Waals surface area contributed by atoms with Crippen LogP contribution in [0.4, 0.5) is 5.69 Å². The monoisotopic (exact) mass is 333 g/mol. The Hall–Kier alpha value is -2.57. The first-order valence-electron chi connectivity index (χ1n) is 8.10. The normalized spacial score (nSPS) is 13.3. The third kappa shape index (κ3) is 5.57. The highest BCUT2D eigenvalue weighted by molar-refractivity contribution is 6.05. The van der Waals surface area contributed by atoms with Crippen LogP contribution in [0.5, 0.6) is 11.5 Å². The predicted molar refractivity (Wildman–Crippen MR) is 91.5 cm³/mol. The Balaban J connectivity index is 1.83. The number of nitrogens with one attached hydrogen (secondary N) is 2. The lowest BCUT2D eigenvalue weighted by atomic mass is 10.2. The Labute approximate surface area is 141 Å². The molecule has 0 radical (unpaired) electrons. The number of carbonyl (C=O) groups excluding carboxylic acids is 2. The van der Waals surface area contributed by atoms with Crippen LogP contribution < -0.4 is 20.2 Å². The van der Waals surface area contributed by atoms with Gasteiger partial charge in [0.15, 0.2) is 11.5 Å². The summed E-state index contributed by atoms with van der Waals surface area (Å²) in [6.45, 7) is 4.74. The van der Waals surface area contributed by atoms with E-state index in [9.17, 15) is 9.59 Å². The number of hydrazone groups is 1. The van der Waals surface area contributed by atoms with Gasteiger partial charge in [0.2, 0.25) is 11.8 Å². The van der Waals surface area contributed by atoms with E-state index in [1.165, 1.54) is 0 Å². The number of nitrogens with zero attached hydrogens (tertiary/aromatic N) is 1. The minimum Gasteiger partial charge on any atom is -0.486 e. The van der Waals surface area contributed by atoms with Crippen LogP contribution >= 0.6 is 0 Å². The summed E-state index contributed by atoms with van der Waals surface area (Å²) in [6, 6.07) is 5.24. The van der Waals surface area contributed by atoms with Gasteiger partial charge in [-0.1, -0.05) is 13.3 Å². The zero-order valence-corrected chi connectivity index (χ0v) is 14.1. The molecular weight excluding hydrogens is 310 g/mol. The molecule has 0 atom stereocenters. The summed E-state index contributed by atoms with van der Waals surface area (Å²) in [6.07, 6.45) is 2.32. The third-order valence-corrected chi connectivity index (χ3v) is 3.37. The minimum atomic E-state index is -0.212. The average molecular weight is 333 g/mol. The topological polar surface area (TPSA) is 89.0 Å². The number of benzene rings is 1. The maximum Gasteiger partial charge on any atom is 0.240 e. The second-order valence-corrected chi connectivity index (χ2v) is 5.57. The molecule has 1 aromatic rings. The Bertz CT molecular complexity index is 628. The minimum absolute atomic E-state index is 0.0997. The fourth-order valence-corrected chi connectivity index (χ4v) is 2.15. The molecule has 7 nitrogen and oxygen atoms in total. The van der Waals surface area contributed by atoms with E-state index < -0.39 is 0 Å². The van der Waals surface area contributed by atoms with Crippen LogP contribution in [-0.2, 0) is 9.59 Å². The molecule has 2 amide bonds. The van der Waals surface area contributed by atoms with Crippen LogP contribution in [0.25, 0.3) is 0 Å². The van der Waals surface area contributed by atoms with Gasteiger partial charge < -0.3 is 14.8 Å². The van der Waals surface area contributed by atoms with E-state index in [1.54, 1.807) is 25.1 Å². The summed E-state index contributed by atoms with van der Waals surface area (Å²) in [7, 11) is 0. The summed E-state index contributed by atoms with van der Waals surface area (Å²) in [4.78, 5) is 23.5. The molecule has 0 bridgehead atoms. The Kier molecular flexibility index (Phi) is 6.60. The molecule has 2 rings (SSSR count). The molecule has 24 heavy (non-hydrogen) atoms. The molecule has 0 fully saturated rings. The SMILES string of the molecule is CCCCC(=O)N/N=C(/C)CC(=O)Nc1ccc2c(c1)OCCO2. The van der Waals surface area contributed by atoms with E-state index in [0.717, 1.165) is 12.8 Å². The van der Waals surface area contributed by atoms with Gasteiger partial charge in [-0.2, -0.15) is 5.10 Å². The summed E-state index contributed by atoms with van der Waals surface area (Å²) in [5.41, 5.74) is 3.63.